The highest BCUT2D eigenvalue weighted by atomic mass is 79.9. The van der Waals surface area contributed by atoms with Crippen molar-refractivity contribution in [3.8, 4) is 5.88 Å². The van der Waals surface area contributed by atoms with Crippen molar-refractivity contribution in [3.05, 3.63) is 49.8 Å². The fourth-order valence-corrected chi connectivity index (χ4v) is 2.19. The summed E-state index contributed by atoms with van der Waals surface area (Å²) in [5.41, 5.74) is -1.97. The topological polar surface area (TPSA) is 44.2 Å². The molecule has 2 aromatic rings. The molecule has 0 unspecified atom stereocenters. The minimum Gasteiger partial charge on any atom is -0.474 e. The van der Waals surface area contributed by atoms with Crippen molar-refractivity contribution in [1.82, 2.24) is 9.97 Å². The summed E-state index contributed by atoms with van der Waals surface area (Å²) in [5, 5.41) is -0.190. The summed E-state index contributed by atoms with van der Waals surface area (Å²) in [4.78, 5) is 6.50. The Kier molecular flexibility index (Phi) is 9.44. The molecule has 0 amide bonds. The molecule has 13 heteroatoms. The maximum absolute atomic E-state index is 12.3. The summed E-state index contributed by atoms with van der Waals surface area (Å²) < 4.78 is 83.3. The van der Waals surface area contributed by atoms with Gasteiger partial charge in [-0.15, -0.1) is 0 Å². The van der Waals surface area contributed by atoms with Crippen LogP contribution in [0.25, 0.3) is 0 Å². The molecule has 0 atom stereocenters. The van der Waals surface area contributed by atoms with Crippen LogP contribution in [0.5, 0.6) is 5.88 Å². The lowest BCUT2D eigenvalue weighted by molar-refractivity contribution is -0.142. The predicted octanol–water partition coefficient (Wildman–Crippen LogP) is 6.40. The molecule has 0 N–H and O–H groups in total. The van der Waals surface area contributed by atoms with Gasteiger partial charge in [-0.3, -0.25) is 0 Å². The molecule has 0 fully saturated rings. The highest BCUT2D eigenvalue weighted by molar-refractivity contribution is 9.10. The Morgan fingerprint density at radius 3 is 1.82 bits per heavy atom. The standard InChI is InChI=1S/C9H9BrF3NO2.C6H2BrClF3N/c1-15-4-5-16-8-6(10)2-3-7(14-8)9(11,12)13;7-3-1-2-4(6(9,10)11)12-5(3)8/h2-3H,4-5H2,1H3;1-2H. The van der Waals surface area contributed by atoms with Crippen LogP contribution in [0.3, 0.4) is 0 Å². The monoisotopic (exact) mass is 558 g/mol. The maximum Gasteiger partial charge on any atom is 0.433 e. The minimum absolute atomic E-state index is 0.0909. The Hall–Kier alpha value is -1.11. The summed E-state index contributed by atoms with van der Waals surface area (Å²) >= 11 is 11.3. The van der Waals surface area contributed by atoms with Gasteiger partial charge in [-0.05, 0) is 56.1 Å². The van der Waals surface area contributed by atoms with Gasteiger partial charge in [0.15, 0.2) is 0 Å². The van der Waals surface area contributed by atoms with E-state index in [4.69, 9.17) is 21.1 Å². The maximum atomic E-state index is 12.3. The molecule has 0 radical (unpaired) electrons. The first-order valence-corrected chi connectivity index (χ1v) is 9.07. The van der Waals surface area contributed by atoms with Crippen LogP contribution in [0.4, 0.5) is 26.3 Å². The van der Waals surface area contributed by atoms with Crippen LogP contribution < -0.4 is 4.74 Å². The van der Waals surface area contributed by atoms with Gasteiger partial charge in [-0.25, -0.2) is 9.97 Å². The molecule has 0 saturated carbocycles. The van der Waals surface area contributed by atoms with Gasteiger partial charge in [-0.1, -0.05) is 11.6 Å². The number of aromatic nitrogens is 2. The molecule has 28 heavy (non-hydrogen) atoms. The van der Waals surface area contributed by atoms with Crippen molar-refractivity contribution >= 4 is 43.5 Å². The number of hydrogen-bond acceptors (Lipinski definition) is 4. The molecule has 0 aromatic carbocycles. The van der Waals surface area contributed by atoms with E-state index in [1.165, 1.54) is 19.2 Å². The average molecular weight is 561 g/mol. The smallest absolute Gasteiger partial charge is 0.433 e. The number of nitrogens with zero attached hydrogens (tertiary/aromatic N) is 2. The zero-order valence-corrected chi connectivity index (χ0v) is 17.8. The van der Waals surface area contributed by atoms with E-state index in [0.717, 1.165) is 12.1 Å². The van der Waals surface area contributed by atoms with Gasteiger partial charge in [0.2, 0.25) is 5.88 Å². The Morgan fingerprint density at radius 1 is 0.857 bits per heavy atom. The summed E-state index contributed by atoms with van der Waals surface area (Å²) in [5.74, 6) is -0.0909. The molecule has 0 spiro atoms. The molecule has 0 aliphatic heterocycles. The van der Waals surface area contributed by atoms with Crippen LogP contribution >= 0.6 is 43.5 Å². The van der Waals surface area contributed by atoms with Gasteiger partial charge in [0.25, 0.3) is 0 Å². The summed E-state index contributed by atoms with van der Waals surface area (Å²) in [6.07, 6.45) is -8.91. The Bertz CT molecular complexity index is 790. The predicted molar refractivity (Wildman–Crippen MR) is 96.3 cm³/mol. The Labute approximate surface area is 177 Å². The molecule has 4 nitrogen and oxygen atoms in total. The molecular formula is C15H11Br2ClF6N2O2. The molecule has 0 bridgehead atoms. The van der Waals surface area contributed by atoms with Crippen molar-refractivity contribution in [2.75, 3.05) is 20.3 Å². The van der Waals surface area contributed by atoms with E-state index < -0.39 is 23.7 Å². The second kappa shape index (κ2) is 10.6. The minimum atomic E-state index is -4.47. The molecule has 0 aliphatic rings. The van der Waals surface area contributed by atoms with Crippen LogP contribution in [0.1, 0.15) is 11.4 Å². The third kappa shape index (κ3) is 8.10. The van der Waals surface area contributed by atoms with E-state index >= 15 is 0 Å². The van der Waals surface area contributed by atoms with Gasteiger partial charge in [0, 0.05) is 7.11 Å². The van der Waals surface area contributed by atoms with Crippen molar-refractivity contribution in [2.45, 2.75) is 12.4 Å². The second-order valence-electron chi connectivity index (χ2n) is 4.79. The quantitative estimate of drug-likeness (QED) is 0.247. The number of rotatable bonds is 4. The summed E-state index contributed by atoms with van der Waals surface area (Å²) in [7, 11) is 1.47. The number of alkyl halides is 6. The van der Waals surface area contributed by atoms with Gasteiger partial charge < -0.3 is 9.47 Å². The van der Waals surface area contributed by atoms with Crippen molar-refractivity contribution in [2.24, 2.45) is 0 Å². The van der Waals surface area contributed by atoms with Crippen molar-refractivity contribution in [1.29, 1.82) is 0 Å². The molecule has 2 aromatic heterocycles. The van der Waals surface area contributed by atoms with Crippen LogP contribution in [0.15, 0.2) is 33.2 Å². The summed E-state index contributed by atoms with van der Waals surface area (Å²) in [6.45, 7) is 0.424. The van der Waals surface area contributed by atoms with Crippen molar-refractivity contribution < 1.29 is 35.8 Å². The highest BCUT2D eigenvalue weighted by Crippen LogP contribution is 2.32. The molecule has 0 aliphatic carbocycles. The Morgan fingerprint density at radius 2 is 1.36 bits per heavy atom. The third-order valence-electron chi connectivity index (χ3n) is 2.72. The number of ether oxygens (including phenoxy) is 2. The fraction of sp³-hybridized carbons (Fsp3) is 0.333. The zero-order valence-electron chi connectivity index (χ0n) is 13.8. The molecule has 0 saturated heterocycles. The van der Waals surface area contributed by atoms with E-state index in [9.17, 15) is 26.3 Å². The van der Waals surface area contributed by atoms with Crippen LogP contribution in [-0.4, -0.2) is 30.3 Å². The van der Waals surface area contributed by atoms with E-state index in [0.29, 0.717) is 8.95 Å². The van der Waals surface area contributed by atoms with Crippen LogP contribution in [0, 0.1) is 0 Å². The lowest BCUT2D eigenvalue weighted by Gasteiger charge is -2.10. The van der Waals surface area contributed by atoms with E-state index in [2.05, 4.69) is 41.8 Å². The van der Waals surface area contributed by atoms with Gasteiger partial charge >= 0.3 is 12.4 Å². The number of methoxy groups -OCH3 is 1. The second-order valence-corrected chi connectivity index (χ2v) is 6.86. The van der Waals surface area contributed by atoms with Gasteiger partial charge in [0.05, 0.1) is 15.6 Å². The summed E-state index contributed by atoms with van der Waals surface area (Å²) in [6, 6.07) is 4.19. The zero-order chi connectivity index (χ0) is 21.5. The lowest BCUT2D eigenvalue weighted by Crippen LogP contribution is -2.11. The normalized spacial score (nSPS) is 11.6. The van der Waals surface area contributed by atoms with E-state index in [1.807, 2.05) is 0 Å². The van der Waals surface area contributed by atoms with Gasteiger partial charge in [0.1, 0.15) is 23.1 Å². The lowest BCUT2D eigenvalue weighted by atomic mass is 10.3. The SMILES string of the molecule is COCCOc1nc(C(F)(F)F)ccc1Br.FC(F)(F)c1ccc(Br)c(Cl)n1. The van der Waals surface area contributed by atoms with Crippen LogP contribution in [-0.2, 0) is 17.1 Å². The van der Waals surface area contributed by atoms with Crippen molar-refractivity contribution in [3.63, 3.8) is 0 Å². The molecule has 156 valence electrons. The first kappa shape index (κ1) is 24.9. The van der Waals surface area contributed by atoms with Gasteiger partial charge in [-0.2, -0.15) is 26.3 Å². The first-order valence-electron chi connectivity index (χ1n) is 7.11. The fourth-order valence-electron chi connectivity index (χ4n) is 1.48. The number of pyridine rings is 2. The third-order valence-corrected chi connectivity index (χ3v) is 4.48. The van der Waals surface area contributed by atoms with Crippen LogP contribution in [0.2, 0.25) is 5.15 Å². The Balaban J connectivity index is 0.000000292. The highest BCUT2D eigenvalue weighted by Gasteiger charge is 2.33. The number of halogens is 9. The number of hydrogen-bond donors (Lipinski definition) is 0. The molecular weight excluding hydrogens is 549 g/mol. The van der Waals surface area contributed by atoms with E-state index in [-0.39, 0.29) is 24.2 Å². The van der Waals surface area contributed by atoms with E-state index in [1.54, 1.807) is 0 Å². The largest absolute Gasteiger partial charge is 0.474 e. The molecule has 2 heterocycles. The first-order chi connectivity index (χ1) is 12.9. The average Bonchev–Trinajstić information content (AvgIpc) is 2.58. The molecule has 2 rings (SSSR count).